The van der Waals surface area contributed by atoms with E-state index in [-0.39, 0.29) is 18.5 Å². The van der Waals surface area contributed by atoms with Gasteiger partial charge in [0.05, 0.1) is 11.9 Å². The van der Waals surface area contributed by atoms with E-state index in [1.54, 1.807) is 18.2 Å². The summed E-state index contributed by atoms with van der Waals surface area (Å²) in [6, 6.07) is 19.4. The molecule has 9 heteroatoms. The molecule has 1 unspecified atom stereocenters. The molecule has 7 nitrogen and oxygen atoms in total. The predicted molar refractivity (Wildman–Crippen MR) is 143 cm³/mol. The van der Waals surface area contributed by atoms with Crippen molar-refractivity contribution in [1.82, 2.24) is 10.2 Å². The molecule has 37 heavy (non-hydrogen) atoms. The molecule has 3 rings (SSSR count). The second-order valence-corrected chi connectivity index (χ2v) is 11.0. The molecule has 0 spiro atoms. The highest BCUT2D eigenvalue weighted by molar-refractivity contribution is 7.92. The van der Waals surface area contributed by atoms with Crippen molar-refractivity contribution in [1.29, 1.82) is 0 Å². The number of aryl methyl sites for hydroxylation is 2. The molecule has 1 atom stereocenters. The Bertz CT molecular complexity index is 1340. The number of carbonyl (C=O) groups is 2. The van der Waals surface area contributed by atoms with Crippen LogP contribution in [0.5, 0.6) is 0 Å². The van der Waals surface area contributed by atoms with Gasteiger partial charge in [-0.2, -0.15) is 0 Å². The third-order valence-electron chi connectivity index (χ3n) is 5.99. The first-order valence-corrected chi connectivity index (χ1v) is 13.7. The number of amides is 2. The second kappa shape index (κ2) is 12.0. The van der Waals surface area contributed by atoms with E-state index in [0.29, 0.717) is 5.69 Å². The monoisotopic (exact) mass is 525 g/mol. The summed E-state index contributed by atoms with van der Waals surface area (Å²) >= 11 is 0. The van der Waals surface area contributed by atoms with Crippen LogP contribution in [0.1, 0.15) is 22.3 Å². The minimum Gasteiger partial charge on any atom is -0.357 e. The summed E-state index contributed by atoms with van der Waals surface area (Å²) in [5.41, 5.74) is 3.05. The Kier molecular flexibility index (Phi) is 9.04. The van der Waals surface area contributed by atoms with Crippen molar-refractivity contribution in [2.45, 2.75) is 32.9 Å². The lowest BCUT2D eigenvalue weighted by Crippen LogP contribution is -2.53. The SMILES string of the molecule is CNC(=O)C(Cc1ccccc1)N(Cc1ccccc1F)C(=O)CN(c1cc(C)cc(C)c1)S(C)(=O)=O. The number of benzene rings is 3. The van der Waals surface area contributed by atoms with Gasteiger partial charge in [0.2, 0.25) is 21.8 Å². The number of likely N-dealkylation sites (N-methyl/N-ethyl adjacent to an activating group) is 1. The van der Waals surface area contributed by atoms with E-state index < -0.39 is 40.2 Å². The van der Waals surface area contributed by atoms with Crippen molar-refractivity contribution in [2.75, 3.05) is 24.2 Å². The lowest BCUT2D eigenvalue weighted by Gasteiger charge is -2.33. The van der Waals surface area contributed by atoms with Crippen molar-refractivity contribution < 1.29 is 22.4 Å². The van der Waals surface area contributed by atoms with Gasteiger partial charge in [0.15, 0.2) is 0 Å². The Morgan fingerprint density at radius 2 is 1.54 bits per heavy atom. The second-order valence-electron chi connectivity index (χ2n) is 9.05. The number of hydrogen-bond acceptors (Lipinski definition) is 4. The molecule has 0 heterocycles. The van der Waals surface area contributed by atoms with Gasteiger partial charge in [0, 0.05) is 25.6 Å². The molecule has 0 saturated carbocycles. The van der Waals surface area contributed by atoms with Gasteiger partial charge in [-0.1, -0.05) is 54.6 Å². The molecule has 0 fully saturated rings. The molecule has 0 aliphatic heterocycles. The van der Waals surface area contributed by atoms with E-state index in [2.05, 4.69) is 5.32 Å². The van der Waals surface area contributed by atoms with Crippen LogP contribution in [-0.2, 0) is 32.6 Å². The van der Waals surface area contributed by atoms with Crippen molar-refractivity contribution >= 4 is 27.5 Å². The van der Waals surface area contributed by atoms with E-state index >= 15 is 0 Å². The summed E-state index contributed by atoms with van der Waals surface area (Å²) in [6.45, 7) is 2.93. The quantitative estimate of drug-likeness (QED) is 0.438. The number of nitrogens with one attached hydrogen (secondary N) is 1. The molecule has 0 aliphatic rings. The van der Waals surface area contributed by atoms with Gasteiger partial charge < -0.3 is 10.2 Å². The van der Waals surface area contributed by atoms with E-state index in [1.807, 2.05) is 50.2 Å². The van der Waals surface area contributed by atoms with Gasteiger partial charge in [-0.15, -0.1) is 0 Å². The van der Waals surface area contributed by atoms with E-state index in [4.69, 9.17) is 0 Å². The van der Waals surface area contributed by atoms with Gasteiger partial charge in [-0.05, 0) is 48.7 Å². The molecule has 0 aromatic heterocycles. The highest BCUT2D eigenvalue weighted by Crippen LogP contribution is 2.23. The molecule has 0 bridgehead atoms. The number of carbonyl (C=O) groups excluding carboxylic acids is 2. The molecular formula is C28H32FN3O4S. The van der Waals surface area contributed by atoms with Crippen LogP contribution in [0, 0.1) is 19.7 Å². The average molecular weight is 526 g/mol. The highest BCUT2D eigenvalue weighted by Gasteiger charge is 2.33. The van der Waals surface area contributed by atoms with Crippen LogP contribution in [0.3, 0.4) is 0 Å². The lowest BCUT2D eigenvalue weighted by atomic mass is 10.0. The first kappa shape index (κ1) is 27.9. The zero-order valence-electron chi connectivity index (χ0n) is 21.4. The summed E-state index contributed by atoms with van der Waals surface area (Å²) < 4.78 is 41.3. The Balaban J connectivity index is 2.06. The largest absolute Gasteiger partial charge is 0.357 e. The third-order valence-corrected chi connectivity index (χ3v) is 7.13. The summed E-state index contributed by atoms with van der Waals surface area (Å²) in [5, 5.41) is 2.59. The zero-order chi connectivity index (χ0) is 27.2. The first-order valence-electron chi connectivity index (χ1n) is 11.8. The van der Waals surface area contributed by atoms with E-state index in [1.165, 1.54) is 30.1 Å². The number of rotatable bonds is 10. The smallest absolute Gasteiger partial charge is 0.244 e. The lowest BCUT2D eigenvalue weighted by molar-refractivity contribution is -0.139. The van der Waals surface area contributed by atoms with Crippen molar-refractivity contribution in [3.8, 4) is 0 Å². The molecule has 2 amide bonds. The highest BCUT2D eigenvalue weighted by atomic mass is 32.2. The standard InChI is InChI=1S/C28H32FN3O4S/c1-20-14-21(2)16-24(15-20)32(37(4,35)36)19-27(33)31(18-23-12-8-9-13-25(23)29)26(28(34)30-3)17-22-10-6-5-7-11-22/h5-16,26H,17-19H2,1-4H3,(H,30,34). The topological polar surface area (TPSA) is 86.8 Å². The van der Waals surface area contributed by atoms with Gasteiger partial charge >= 0.3 is 0 Å². The van der Waals surface area contributed by atoms with Crippen molar-refractivity contribution in [2.24, 2.45) is 0 Å². The average Bonchev–Trinajstić information content (AvgIpc) is 2.84. The van der Waals surface area contributed by atoms with Crippen LogP contribution < -0.4 is 9.62 Å². The fourth-order valence-electron chi connectivity index (χ4n) is 4.24. The maximum absolute atomic E-state index is 14.6. The Hall–Kier alpha value is -3.72. The maximum atomic E-state index is 14.6. The Labute approximate surface area is 218 Å². The summed E-state index contributed by atoms with van der Waals surface area (Å²) in [5.74, 6) is -1.59. The minimum absolute atomic E-state index is 0.170. The fourth-order valence-corrected chi connectivity index (χ4v) is 5.07. The van der Waals surface area contributed by atoms with Crippen molar-refractivity contribution in [3.05, 3.63) is 101 Å². The summed E-state index contributed by atoms with van der Waals surface area (Å²) in [4.78, 5) is 28.1. The number of anilines is 1. The van der Waals surface area contributed by atoms with Gasteiger partial charge in [-0.25, -0.2) is 12.8 Å². The van der Waals surface area contributed by atoms with Crippen LogP contribution in [0.4, 0.5) is 10.1 Å². The third kappa shape index (κ3) is 7.39. The molecule has 1 N–H and O–H groups in total. The number of nitrogens with zero attached hydrogens (tertiary/aromatic N) is 2. The molecule has 3 aromatic carbocycles. The zero-order valence-corrected chi connectivity index (χ0v) is 22.3. The van der Waals surface area contributed by atoms with Crippen LogP contribution in [0.25, 0.3) is 0 Å². The van der Waals surface area contributed by atoms with E-state index in [9.17, 15) is 22.4 Å². The number of hydrogen-bond donors (Lipinski definition) is 1. The Morgan fingerprint density at radius 1 is 0.946 bits per heavy atom. The normalized spacial score (nSPS) is 12.0. The first-order chi connectivity index (χ1) is 17.5. The number of sulfonamides is 1. The number of halogens is 1. The van der Waals surface area contributed by atoms with Crippen LogP contribution in [0.15, 0.2) is 72.8 Å². The van der Waals surface area contributed by atoms with Gasteiger partial charge in [0.25, 0.3) is 0 Å². The predicted octanol–water partition coefficient (Wildman–Crippen LogP) is 3.59. The summed E-state index contributed by atoms with van der Waals surface area (Å²) in [6.07, 6.45) is 1.20. The summed E-state index contributed by atoms with van der Waals surface area (Å²) in [7, 11) is -2.40. The molecule has 0 saturated heterocycles. The van der Waals surface area contributed by atoms with Crippen LogP contribution in [0.2, 0.25) is 0 Å². The minimum atomic E-state index is -3.86. The fraction of sp³-hybridized carbons (Fsp3) is 0.286. The molecular weight excluding hydrogens is 493 g/mol. The van der Waals surface area contributed by atoms with Crippen LogP contribution in [-0.4, -0.2) is 51.0 Å². The van der Waals surface area contributed by atoms with Gasteiger partial charge in [0.1, 0.15) is 18.4 Å². The molecule has 0 radical (unpaired) electrons. The van der Waals surface area contributed by atoms with Gasteiger partial charge in [-0.3, -0.25) is 13.9 Å². The maximum Gasteiger partial charge on any atom is 0.244 e. The van der Waals surface area contributed by atoms with Crippen LogP contribution >= 0.6 is 0 Å². The Morgan fingerprint density at radius 3 is 2.11 bits per heavy atom. The van der Waals surface area contributed by atoms with E-state index in [0.717, 1.165) is 27.3 Å². The molecule has 196 valence electrons. The molecule has 0 aliphatic carbocycles. The molecule has 3 aromatic rings. The van der Waals surface area contributed by atoms with Crippen molar-refractivity contribution in [3.63, 3.8) is 0 Å².